The fourth-order valence-corrected chi connectivity index (χ4v) is 1.92. The standard InChI is InChI=1S/C12H25NO3/c1-2-12(14,10-13)6-3-7-16-11-4-8-15-9-5-11/h11,14H,2-10,13H2,1H3. The first-order chi connectivity index (χ1) is 7.70. The van der Waals surface area contributed by atoms with Crippen LogP contribution in [0.2, 0.25) is 0 Å². The van der Waals surface area contributed by atoms with Crippen molar-refractivity contribution in [1.29, 1.82) is 0 Å². The van der Waals surface area contributed by atoms with Crippen molar-refractivity contribution in [2.24, 2.45) is 5.73 Å². The molecule has 1 fully saturated rings. The highest BCUT2D eigenvalue weighted by Gasteiger charge is 2.22. The van der Waals surface area contributed by atoms with Crippen molar-refractivity contribution in [2.75, 3.05) is 26.4 Å². The van der Waals surface area contributed by atoms with Crippen LogP contribution in [0.25, 0.3) is 0 Å². The molecule has 4 nitrogen and oxygen atoms in total. The second kappa shape index (κ2) is 7.22. The van der Waals surface area contributed by atoms with Crippen LogP contribution in [0.1, 0.15) is 39.0 Å². The number of rotatable bonds is 7. The molecule has 1 rings (SSSR count). The first-order valence-corrected chi connectivity index (χ1v) is 6.32. The predicted molar refractivity (Wildman–Crippen MR) is 63.3 cm³/mol. The van der Waals surface area contributed by atoms with Crippen LogP contribution in [0.15, 0.2) is 0 Å². The molecule has 0 spiro atoms. The largest absolute Gasteiger partial charge is 0.389 e. The summed E-state index contributed by atoms with van der Waals surface area (Å²) in [7, 11) is 0. The average molecular weight is 231 g/mol. The number of hydrogen-bond acceptors (Lipinski definition) is 4. The molecule has 4 heteroatoms. The molecule has 0 aliphatic carbocycles. The van der Waals surface area contributed by atoms with Gasteiger partial charge in [-0.2, -0.15) is 0 Å². The lowest BCUT2D eigenvalue weighted by Crippen LogP contribution is -2.37. The van der Waals surface area contributed by atoms with Crippen LogP contribution in [0.5, 0.6) is 0 Å². The zero-order valence-corrected chi connectivity index (χ0v) is 10.3. The van der Waals surface area contributed by atoms with Gasteiger partial charge in [0.25, 0.3) is 0 Å². The van der Waals surface area contributed by atoms with Crippen molar-refractivity contribution in [2.45, 2.75) is 50.7 Å². The van der Waals surface area contributed by atoms with Gasteiger partial charge in [-0.1, -0.05) is 6.92 Å². The third-order valence-corrected chi connectivity index (χ3v) is 3.35. The van der Waals surface area contributed by atoms with Gasteiger partial charge in [-0.15, -0.1) is 0 Å². The van der Waals surface area contributed by atoms with Crippen LogP contribution in [-0.2, 0) is 9.47 Å². The Morgan fingerprint density at radius 2 is 2.12 bits per heavy atom. The number of hydrogen-bond donors (Lipinski definition) is 2. The molecule has 1 aliphatic rings. The summed E-state index contributed by atoms with van der Waals surface area (Å²) < 4.78 is 11.0. The Labute approximate surface area is 98.1 Å². The highest BCUT2D eigenvalue weighted by molar-refractivity contribution is 4.77. The summed E-state index contributed by atoms with van der Waals surface area (Å²) in [6.07, 6.45) is 4.65. The molecular formula is C12H25NO3. The van der Waals surface area contributed by atoms with E-state index in [1.165, 1.54) is 0 Å². The molecule has 0 aromatic heterocycles. The maximum Gasteiger partial charge on any atom is 0.0767 e. The highest BCUT2D eigenvalue weighted by atomic mass is 16.5. The smallest absolute Gasteiger partial charge is 0.0767 e. The van der Waals surface area contributed by atoms with Crippen molar-refractivity contribution in [1.82, 2.24) is 0 Å². The van der Waals surface area contributed by atoms with Gasteiger partial charge in [0.05, 0.1) is 11.7 Å². The Kier molecular flexibility index (Phi) is 6.28. The van der Waals surface area contributed by atoms with Gasteiger partial charge in [0.15, 0.2) is 0 Å². The Morgan fingerprint density at radius 3 is 2.69 bits per heavy atom. The van der Waals surface area contributed by atoms with Crippen molar-refractivity contribution < 1.29 is 14.6 Å². The van der Waals surface area contributed by atoms with E-state index < -0.39 is 5.60 Å². The van der Waals surface area contributed by atoms with E-state index in [-0.39, 0.29) is 0 Å². The maximum atomic E-state index is 9.97. The van der Waals surface area contributed by atoms with Gasteiger partial charge in [-0.05, 0) is 32.1 Å². The topological polar surface area (TPSA) is 64.7 Å². The first-order valence-electron chi connectivity index (χ1n) is 6.32. The second-order valence-corrected chi connectivity index (χ2v) is 4.57. The van der Waals surface area contributed by atoms with Gasteiger partial charge in [0, 0.05) is 26.4 Å². The summed E-state index contributed by atoms with van der Waals surface area (Å²) in [4.78, 5) is 0. The van der Waals surface area contributed by atoms with Gasteiger partial charge < -0.3 is 20.3 Å². The first kappa shape index (κ1) is 13.9. The van der Waals surface area contributed by atoms with Gasteiger partial charge >= 0.3 is 0 Å². The van der Waals surface area contributed by atoms with Crippen molar-refractivity contribution in [3.63, 3.8) is 0 Å². The minimum Gasteiger partial charge on any atom is -0.389 e. The molecule has 0 aromatic rings. The van der Waals surface area contributed by atoms with Crippen LogP contribution in [0.4, 0.5) is 0 Å². The molecule has 1 aliphatic heterocycles. The van der Waals surface area contributed by atoms with E-state index in [0.717, 1.165) is 38.9 Å². The molecule has 3 N–H and O–H groups in total. The third-order valence-electron chi connectivity index (χ3n) is 3.35. The van der Waals surface area contributed by atoms with E-state index in [2.05, 4.69) is 0 Å². The molecule has 16 heavy (non-hydrogen) atoms. The molecular weight excluding hydrogens is 206 g/mol. The minimum atomic E-state index is -0.695. The van der Waals surface area contributed by atoms with Gasteiger partial charge in [0.1, 0.15) is 0 Å². The molecule has 96 valence electrons. The zero-order chi connectivity index (χ0) is 11.9. The van der Waals surface area contributed by atoms with Crippen LogP contribution in [0.3, 0.4) is 0 Å². The zero-order valence-electron chi connectivity index (χ0n) is 10.3. The van der Waals surface area contributed by atoms with Crippen LogP contribution in [-0.4, -0.2) is 43.2 Å². The highest BCUT2D eigenvalue weighted by Crippen LogP contribution is 2.17. The molecule has 1 heterocycles. The van der Waals surface area contributed by atoms with Crippen molar-refractivity contribution in [3.05, 3.63) is 0 Å². The summed E-state index contributed by atoms with van der Waals surface area (Å²) in [6, 6.07) is 0. The molecule has 0 bridgehead atoms. The summed E-state index contributed by atoms with van der Waals surface area (Å²) in [5.41, 5.74) is 4.84. The van der Waals surface area contributed by atoms with E-state index >= 15 is 0 Å². The predicted octanol–water partition coefficient (Wildman–Crippen LogP) is 1.06. The van der Waals surface area contributed by atoms with E-state index in [9.17, 15) is 5.11 Å². The van der Waals surface area contributed by atoms with E-state index in [0.29, 0.717) is 25.7 Å². The van der Waals surface area contributed by atoms with E-state index in [1.54, 1.807) is 0 Å². The fourth-order valence-electron chi connectivity index (χ4n) is 1.92. The number of nitrogens with two attached hydrogens (primary N) is 1. The summed E-state index contributed by atoms with van der Waals surface area (Å²) >= 11 is 0. The van der Waals surface area contributed by atoms with Gasteiger partial charge in [-0.3, -0.25) is 0 Å². The molecule has 1 unspecified atom stereocenters. The summed E-state index contributed by atoms with van der Waals surface area (Å²) in [5, 5.41) is 9.97. The lowest BCUT2D eigenvalue weighted by atomic mass is 9.95. The second-order valence-electron chi connectivity index (χ2n) is 4.57. The Morgan fingerprint density at radius 1 is 1.44 bits per heavy atom. The molecule has 1 saturated heterocycles. The average Bonchev–Trinajstić information content (AvgIpc) is 2.36. The minimum absolute atomic E-state index is 0.334. The van der Waals surface area contributed by atoms with Gasteiger partial charge in [-0.25, -0.2) is 0 Å². The Hall–Kier alpha value is -0.160. The monoisotopic (exact) mass is 231 g/mol. The Bertz CT molecular complexity index is 177. The third kappa shape index (κ3) is 4.78. The number of aliphatic hydroxyl groups is 1. The fraction of sp³-hybridized carbons (Fsp3) is 1.00. The van der Waals surface area contributed by atoms with E-state index in [4.69, 9.17) is 15.2 Å². The van der Waals surface area contributed by atoms with Crippen LogP contribution >= 0.6 is 0 Å². The van der Waals surface area contributed by atoms with Crippen LogP contribution < -0.4 is 5.73 Å². The molecule has 1 atom stereocenters. The lowest BCUT2D eigenvalue weighted by Gasteiger charge is -2.26. The summed E-state index contributed by atoms with van der Waals surface area (Å²) in [6.45, 7) is 4.64. The Balaban J connectivity index is 2.06. The normalized spacial score (nSPS) is 21.9. The SMILES string of the molecule is CCC(O)(CN)CCCOC1CCOCC1. The molecule has 0 amide bonds. The maximum absolute atomic E-state index is 9.97. The molecule has 0 radical (unpaired) electrons. The number of ether oxygens (including phenoxy) is 2. The molecule has 0 aromatic carbocycles. The summed E-state index contributed by atoms with van der Waals surface area (Å²) in [5.74, 6) is 0. The quantitative estimate of drug-likeness (QED) is 0.643. The van der Waals surface area contributed by atoms with Gasteiger partial charge in [0.2, 0.25) is 0 Å². The van der Waals surface area contributed by atoms with E-state index in [1.807, 2.05) is 6.92 Å². The van der Waals surface area contributed by atoms with Crippen molar-refractivity contribution >= 4 is 0 Å². The van der Waals surface area contributed by atoms with Crippen molar-refractivity contribution in [3.8, 4) is 0 Å². The lowest BCUT2D eigenvalue weighted by molar-refractivity contribution is -0.0397. The van der Waals surface area contributed by atoms with Crippen LogP contribution in [0, 0.1) is 0 Å². The molecule has 0 saturated carbocycles.